The van der Waals surface area contributed by atoms with Crippen molar-refractivity contribution in [3.8, 4) is 0 Å². The van der Waals surface area contributed by atoms with E-state index in [9.17, 15) is 0 Å². The van der Waals surface area contributed by atoms with Gasteiger partial charge in [-0.3, -0.25) is 0 Å². The van der Waals surface area contributed by atoms with Gasteiger partial charge in [0.2, 0.25) is 0 Å². The van der Waals surface area contributed by atoms with Crippen LogP contribution in [0.5, 0.6) is 0 Å². The molecule has 0 spiro atoms. The van der Waals surface area contributed by atoms with Crippen molar-refractivity contribution in [1.29, 1.82) is 0 Å². The van der Waals surface area contributed by atoms with E-state index in [1.54, 1.807) is 0 Å². The van der Waals surface area contributed by atoms with Crippen LogP contribution < -0.4 is 0 Å². The molecular weight excluding hydrogens is 254 g/mol. The van der Waals surface area contributed by atoms with Gasteiger partial charge >= 0.3 is 0 Å². The lowest BCUT2D eigenvalue weighted by Gasteiger charge is -2.17. The zero-order valence-electron chi connectivity index (χ0n) is 10.6. The van der Waals surface area contributed by atoms with Gasteiger partial charge in [-0.05, 0) is 30.7 Å². The van der Waals surface area contributed by atoms with Gasteiger partial charge in [0, 0.05) is 21.4 Å². The topological polar surface area (TPSA) is 38.1 Å². The standard InChI is InChI=1S/C15H13N3S/c1-2-9-19-13-8-4-6-11-15(13)14-10(16-17-11)5-3-7-12(14)18-19/h3-8H,2,9H2,1H3. The van der Waals surface area contributed by atoms with Gasteiger partial charge in [0.15, 0.2) is 0 Å². The number of rotatable bonds is 2. The van der Waals surface area contributed by atoms with Gasteiger partial charge in [0.1, 0.15) is 0 Å². The molecule has 1 atom stereocenters. The van der Waals surface area contributed by atoms with Crippen LogP contribution in [0.1, 0.15) is 13.3 Å². The molecule has 1 aromatic heterocycles. The second-order valence-corrected chi connectivity index (χ2v) is 6.44. The summed E-state index contributed by atoms with van der Waals surface area (Å²) in [5.74, 6) is 1.11. The van der Waals surface area contributed by atoms with E-state index in [-0.39, 0.29) is 10.7 Å². The minimum Gasteiger partial charge on any atom is -0.223 e. The van der Waals surface area contributed by atoms with Crippen molar-refractivity contribution in [2.75, 3.05) is 5.75 Å². The fourth-order valence-electron chi connectivity index (χ4n) is 2.62. The lowest BCUT2D eigenvalue weighted by Crippen LogP contribution is -2.02. The Morgan fingerprint density at radius 1 is 0.947 bits per heavy atom. The van der Waals surface area contributed by atoms with Crippen molar-refractivity contribution < 1.29 is 0 Å². The Morgan fingerprint density at radius 2 is 1.68 bits per heavy atom. The Bertz CT molecular complexity index is 839. The van der Waals surface area contributed by atoms with E-state index in [1.165, 1.54) is 15.7 Å². The van der Waals surface area contributed by atoms with Crippen molar-refractivity contribution in [3.05, 3.63) is 36.4 Å². The fraction of sp³-hybridized carbons (Fsp3) is 0.200. The molecule has 0 saturated carbocycles. The maximum atomic E-state index is 4.94. The first-order valence-electron chi connectivity index (χ1n) is 6.49. The maximum absolute atomic E-state index is 4.94. The van der Waals surface area contributed by atoms with E-state index < -0.39 is 0 Å². The molecule has 19 heavy (non-hydrogen) atoms. The number of hydrogen-bond donors (Lipinski definition) is 0. The highest BCUT2D eigenvalue weighted by Crippen LogP contribution is 2.39. The zero-order valence-corrected chi connectivity index (χ0v) is 11.4. The van der Waals surface area contributed by atoms with Gasteiger partial charge in [-0.15, -0.1) is 10.2 Å². The molecule has 0 fully saturated rings. The predicted octanol–water partition coefficient (Wildman–Crippen LogP) is 4.00. The molecule has 0 amide bonds. The highest BCUT2D eigenvalue weighted by atomic mass is 32.2. The van der Waals surface area contributed by atoms with Crippen LogP contribution in [-0.4, -0.2) is 16.0 Å². The van der Waals surface area contributed by atoms with Crippen LogP contribution in [-0.2, 0) is 10.7 Å². The Balaban J connectivity index is 2.23. The maximum Gasteiger partial charge on any atom is 0.0958 e. The number of benzene rings is 2. The van der Waals surface area contributed by atoms with Crippen molar-refractivity contribution >= 4 is 38.2 Å². The van der Waals surface area contributed by atoms with Crippen LogP contribution in [0.2, 0.25) is 0 Å². The highest BCUT2D eigenvalue weighted by Gasteiger charge is 2.18. The first kappa shape index (κ1) is 11.1. The van der Waals surface area contributed by atoms with Crippen molar-refractivity contribution in [2.24, 2.45) is 4.36 Å². The monoisotopic (exact) mass is 267 g/mol. The van der Waals surface area contributed by atoms with E-state index in [1.807, 2.05) is 18.2 Å². The Hall–Kier alpha value is -1.81. The molecule has 4 rings (SSSR count). The summed E-state index contributed by atoms with van der Waals surface area (Å²) in [6.45, 7) is 2.21. The van der Waals surface area contributed by atoms with Gasteiger partial charge in [-0.25, -0.2) is 4.36 Å². The molecule has 2 aromatic carbocycles. The van der Waals surface area contributed by atoms with Crippen LogP contribution in [0.4, 0.5) is 5.69 Å². The lowest BCUT2D eigenvalue weighted by molar-refractivity contribution is 1.09. The average Bonchev–Trinajstić information content (AvgIpc) is 2.46. The fourth-order valence-corrected chi connectivity index (χ4v) is 4.48. The van der Waals surface area contributed by atoms with Gasteiger partial charge in [0.25, 0.3) is 0 Å². The van der Waals surface area contributed by atoms with Crippen molar-refractivity contribution in [2.45, 2.75) is 18.2 Å². The van der Waals surface area contributed by atoms with E-state index in [4.69, 9.17) is 4.36 Å². The minimum absolute atomic E-state index is 0.0423. The molecular formula is C15H13N3S. The summed E-state index contributed by atoms with van der Waals surface area (Å²) < 4.78 is 4.94. The molecule has 1 unspecified atom stereocenters. The SMILES string of the molecule is CCCS1=Nc2cccc3nnc4cccc1c4c23. The quantitative estimate of drug-likeness (QED) is 0.658. The molecule has 94 valence electrons. The summed E-state index contributed by atoms with van der Waals surface area (Å²) >= 11 is 0. The Morgan fingerprint density at radius 3 is 2.47 bits per heavy atom. The van der Waals surface area contributed by atoms with E-state index >= 15 is 0 Å². The molecule has 3 aromatic rings. The van der Waals surface area contributed by atoms with Gasteiger partial charge in [0.05, 0.1) is 16.7 Å². The lowest BCUT2D eigenvalue weighted by atomic mass is 10.1. The molecule has 0 aliphatic carbocycles. The third kappa shape index (κ3) is 1.53. The third-order valence-electron chi connectivity index (χ3n) is 3.40. The molecule has 1 aliphatic heterocycles. The predicted molar refractivity (Wildman–Crippen MR) is 79.9 cm³/mol. The molecule has 4 heteroatoms. The largest absolute Gasteiger partial charge is 0.223 e. The first-order valence-corrected chi connectivity index (χ1v) is 7.84. The zero-order chi connectivity index (χ0) is 12.8. The Kier molecular flexibility index (Phi) is 2.38. The Labute approximate surface area is 113 Å². The second-order valence-electron chi connectivity index (χ2n) is 4.68. The van der Waals surface area contributed by atoms with Crippen LogP contribution in [0.3, 0.4) is 0 Å². The number of aromatic nitrogens is 2. The van der Waals surface area contributed by atoms with Crippen molar-refractivity contribution in [3.63, 3.8) is 0 Å². The molecule has 2 heterocycles. The summed E-state index contributed by atoms with van der Waals surface area (Å²) in [4.78, 5) is 1.33. The van der Waals surface area contributed by atoms with Crippen LogP contribution in [0.25, 0.3) is 21.8 Å². The summed E-state index contributed by atoms with van der Waals surface area (Å²) in [5.41, 5.74) is 3.01. The van der Waals surface area contributed by atoms with Crippen molar-refractivity contribution in [1.82, 2.24) is 10.2 Å². The average molecular weight is 267 g/mol. The summed E-state index contributed by atoms with van der Waals surface area (Å²) in [5, 5.41) is 11.1. The molecule has 0 saturated heterocycles. The number of hydrogen-bond acceptors (Lipinski definition) is 3. The first-order chi connectivity index (χ1) is 9.38. The van der Waals surface area contributed by atoms with Gasteiger partial charge in [-0.1, -0.05) is 29.7 Å². The molecule has 0 radical (unpaired) electrons. The van der Waals surface area contributed by atoms with Gasteiger partial charge < -0.3 is 0 Å². The summed E-state index contributed by atoms with van der Waals surface area (Å²) in [7, 11) is -0.0423. The summed E-state index contributed by atoms with van der Waals surface area (Å²) in [6, 6.07) is 12.4. The van der Waals surface area contributed by atoms with E-state index in [0.717, 1.165) is 28.9 Å². The van der Waals surface area contributed by atoms with Gasteiger partial charge in [-0.2, -0.15) is 0 Å². The van der Waals surface area contributed by atoms with Crippen LogP contribution in [0, 0.1) is 0 Å². The third-order valence-corrected chi connectivity index (χ3v) is 5.46. The minimum atomic E-state index is -0.0423. The summed E-state index contributed by atoms with van der Waals surface area (Å²) in [6.07, 6.45) is 1.15. The second kappa shape index (κ2) is 4.10. The normalized spacial score (nSPS) is 17.0. The number of nitrogens with zero attached hydrogens (tertiary/aromatic N) is 3. The van der Waals surface area contributed by atoms with Crippen LogP contribution in [0.15, 0.2) is 45.7 Å². The molecule has 0 bridgehead atoms. The van der Waals surface area contributed by atoms with E-state index in [0.29, 0.717) is 0 Å². The molecule has 0 N–H and O–H groups in total. The molecule has 1 aliphatic rings. The van der Waals surface area contributed by atoms with E-state index in [2.05, 4.69) is 35.3 Å². The highest BCUT2D eigenvalue weighted by molar-refractivity contribution is 7.87. The molecule has 3 nitrogen and oxygen atoms in total. The smallest absolute Gasteiger partial charge is 0.0958 e. The van der Waals surface area contributed by atoms with Crippen LogP contribution >= 0.6 is 0 Å².